The van der Waals surface area contributed by atoms with Gasteiger partial charge in [-0.05, 0) is 30.0 Å². The Hall–Kier alpha value is -1.49. The van der Waals surface area contributed by atoms with E-state index >= 15 is 0 Å². The third kappa shape index (κ3) is 1.88. The van der Waals surface area contributed by atoms with Gasteiger partial charge in [-0.2, -0.15) is 0 Å². The van der Waals surface area contributed by atoms with Crippen LogP contribution in [0.5, 0.6) is 0 Å². The van der Waals surface area contributed by atoms with Crippen molar-refractivity contribution in [3.05, 3.63) is 36.5 Å². The zero-order chi connectivity index (χ0) is 9.97. The maximum absolute atomic E-state index is 12.7. The highest BCUT2D eigenvalue weighted by Crippen LogP contribution is 2.30. The largest absolute Gasteiger partial charge is 0.440 e. The number of nitrogens with two attached hydrogens (primary N) is 1. The molecule has 14 heavy (non-hydrogen) atoms. The van der Waals surface area contributed by atoms with E-state index in [9.17, 15) is 4.39 Å². The SMILES string of the molecule is Nc1cc(F)ccc1Sc1ncco1. The van der Waals surface area contributed by atoms with E-state index in [1.807, 2.05) is 0 Å². The lowest BCUT2D eigenvalue weighted by molar-refractivity contribution is 0.454. The van der Waals surface area contributed by atoms with Gasteiger partial charge in [0, 0.05) is 10.6 Å². The smallest absolute Gasteiger partial charge is 0.260 e. The molecule has 2 aromatic rings. The summed E-state index contributed by atoms with van der Waals surface area (Å²) in [6.45, 7) is 0. The van der Waals surface area contributed by atoms with E-state index in [1.54, 1.807) is 12.3 Å². The molecule has 5 heteroatoms. The Kier molecular flexibility index (Phi) is 2.41. The number of rotatable bonds is 2. The first-order valence-electron chi connectivity index (χ1n) is 3.88. The second-order valence-corrected chi connectivity index (χ2v) is 3.58. The van der Waals surface area contributed by atoms with Gasteiger partial charge >= 0.3 is 0 Å². The summed E-state index contributed by atoms with van der Waals surface area (Å²) < 4.78 is 17.7. The molecule has 72 valence electrons. The zero-order valence-corrected chi connectivity index (χ0v) is 7.92. The quantitative estimate of drug-likeness (QED) is 0.774. The fourth-order valence-corrected chi connectivity index (χ4v) is 1.69. The molecular formula is C9H7FN2OS. The molecule has 2 rings (SSSR count). The molecule has 0 fully saturated rings. The molecule has 3 nitrogen and oxygen atoms in total. The van der Waals surface area contributed by atoms with Crippen LogP contribution in [0, 0.1) is 5.82 Å². The van der Waals surface area contributed by atoms with Gasteiger partial charge in [-0.3, -0.25) is 0 Å². The number of hydrogen-bond acceptors (Lipinski definition) is 4. The molecule has 0 spiro atoms. The summed E-state index contributed by atoms with van der Waals surface area (Å²) in [5.74, 6) is -0.348. The highest BCUT2D eigenvalue weighted by Gasteiger charge is 2.05. The molecule has 0 saturated heterocycles. The maximum atomic E-state index is 12.7. The first-order chi connectivity index (χ1) is 6.75. The maximum Gasteiger partial charge on any atom is 0.260 e. The number of aromatic nitrogens is 1. The van der Waals surface area contributed by atoms with Crippen LogP contribution < -0.4 is 5.73 Å². The number of nitrogen functional groups attached to an aromatic ring is 1. The van der Waals surface area contributed by atoms with Gasteiger partial charge in [-0.15, -0.1) is 0 Å². The van der Waals surface area contributed by atoms with Crippen molar-refractivity contribution in [2.24, 2.45) is 0 Å². The first kappa shape index (κ1) is 9.08. The molecule has 1 heterocycles. The highest BCUT2D eigenvalue weighted by atomic mass is 32.2. The van der Waals surface area contributed by atoms with Crippen LogP contribution in [0.15, 0.2) is 45.2 Å². The summed E-state index contributed by atoms with van der Waals surface area (Å²) in [5.41, 5.74) is 5.99. The van der Waals surface area contributed by atoms with E-state index in [0.717, 1.165) is 4.90 Å². The Labute approximate surface area is 84.1 Å². The first-order valence-corrected chi connectivity index (χ1v) is 4.70. The molecule has 1 aromatic carbocycles. The summed E-state index contributed by atoms with van der Waals surface area (Å²) in [5, 5.41) is 0.489. The highest BCUT2D eigenvalue weighted by molar-refractivity contribution is 7.99. The molecule has 0 radical (unpaired) electrons. The Morgan fingerprint density at radius 3 is 2.93 bits per heavy atom. The van der Waals surface area contributed by atoms with Crippen LogP contribution in [-0.4, -0.2) is 4.98 Å². The number of hydrogen-bond donors (Lipinski definition) is 1. The third-order valence-corrected chi connectivity index (χ3v) is 2.55. The fourth-order valence-electron chi connectivity index (χ4n) is 0.967. The van der Waals surface area contributed by atoms with Crippen molar-refractivity contribution >= 4 is 17.4 Å². The van der Waals surface area contributed by atoms with Crippen molar-refractivity contribution in [3.8, 4) is 0 Å². The van der Waals surface area contributed by atoms with Crippen molar-refractivity contribution in [3.63, 3.8) is 0 Å². The molecule has 0 aliphatic carbocycles. The van der Waals surface area contributed by atoms with Crippen LogP contribution in [0.4, 0.5) is 10.1 Å². The lowest BCUT2D eigenvalue weighted by Gasteiger charge is -2.01. The standard InChI is InChI=1S/C9H7FN2OS/c10-6-1-2-8(7(11)5-6)14-9-12-3-4-13-9/h1-5H,11H2. The van der Waals surface area contributed by atoms with Gasteiger partial charge in [0.05, 0.1) is 6.20 Å². The molecule has 0 atom stereocenters. The molecule has 1 aromatic heterocycles. The van der Waals surface area contributed by atoms with Crippen LogP contribution in [0.3, 0.4) is 0 Å². The molecule has 0 saturated carbocycles. The van der Waals surface area contributed by atoms with Crippen LogP contribution in [-0.2, 0) is 0 Å². The van der Waals surface area contributed by atoms with E-state index in [1.165, 1.54) is 30.2 Å². The fraction of sp³-hybridized carbons (Fsp3) is 0. The average molecular weight is 210 g/mol. The number of nitrogens with zero attached hydrogens (tertiary/aromatic N) is 1. The normalized spacial score (nSPS) is 10.4. The molecular weight excluding hydrogens is 203 g/mol. The monoisotopic (exact) mass is 210 g/mol. The lowest BCUT2D eigenvalue weighted by Crippen LogP contribution is -1.89. The van der Waals surface area contributed by atoms with Crippen molar-refractivity contribution < 1.29 is 8.81 Å². The Morgan fingerprint density at radius 1 is 1.43 bits per heavy atom. The predicted octanol–water partition coefficient (Wildman–Crippen LogP) is 2.55. The molecule has 0 amide bonds. The number of benzene rings is 1. The topological polar surface area (TPSA) is 52.0 Å². The van der Waals surface area contributed by atoms with Crippen molar-refractivity contribution in [2.45, 2.75) is 10.1 Å². The summed E-state index contributed by atoms with van der Waals surface area (Å²) >= 11 is 1.26. The lowest BCUT2D eigenvalue weighted by atomic mass is 10.3. The van der Waals surface area contributed by atoms with E-state index in [2.05, 4.69) is 4.98 Å². The van der Waals surface area contributed by atoms with Crippen molar-refractivity contribution in [1.29, 1.82) is 0 Å². The summed E-state index contributed by atoms with van der Waals surface area (Å²) in [6, 6.07) is 4.21. The summed E-state index contributed by atoms with van der Waals surface area (Å²) in [7, 11) is 0. The van der Waals surface area contributed by atoms with Gasteiger partial charge in [0.2, 0.25) is 0 Å². The van der Waals surface area contributed by atoms with Gasteiger partial charge in [0.15, 0.2) is 0 Å². The molecule has 0 unspecified atom stereocenters. The van der Waals surface area contributed by atoms with Crippen LogP contribution in [0.2, 0.25) is 0 Å². The summed E-state index contributed by atoms with van der Waals surface area (Å²) in [4.78, 5) is 4.65. The third-order valence-electron chi connectivity index (χ3n) is 1.58. The average Bonchev–Trinajstić information content (AvgIpc) is 2.62. The molecule has 0 bridgehead atoms. The van der Waals surface area contributed by atoms with Gasteiger partial charge in [-0.25, -0.2) is 9.37 Å². The van der Waals surface area contributed by atoms with Gasteiger partial charge in [-0.1, -0.05) is 0 Å². The Balaban J connectivity index is 2.25. The minimum Gasteiger partial charge on any atom is -0.440 e. The van der Waals surface area contributed by atoms with Crippen LogP contribution >= 0.6 is 11.8 Å². The van der Waals surface area contributed by atoms with E-state index in [4.69, 9.17) is 10.2 Å². The van der Waals surface area contributed by atoms with E-state index in [-0.39, 0.29) is 5.82 Å². The second-order valence-electron chi connectivity index (χ2n) is 2.58. The Bertz CT molecular complexity index is 430. The molecule has 0 aliphatic rings. The molecule has 0 aliphatic heterocycles. The molecule has 2 N–H and O–H groups in total. The minimum absolute atomic E-state index is 0.348. The zero-order valence-electron chi connectivity index (χ0n) is 7.11. The van der Waals surface area contributed by atoms with Crippen molar-refractivity contribution in [1.82, 2.24) is 4.98 Å². The second kappa shape index (κ2) is 3.71. The van der Waals surface area contributed by atoms with Gasteiger partial charge in [0.25, 0.3) is 5.22 Å². The number of halogens is 1. The van der Waals surface area contributed by atoms with Crippen molar-refractivity contribution in [2.75, 3.05) is 5.73 Å². The number of oxazole rings is 1. The Morgan fingerprint density at radius 2 is 2.29 bits per heavy atom. The summed E-state index contributed by atoms with van der Waals surface area (Å²) in [6.07, 6.45) is 3.02. The minimum atomic E-state index is -0.348. The van der Waals surface area contributed by atoms with Gasteiger partial charge < -0.3 is 10.2 Å². The predicted molar refractivity (Wildman–Crippen MR) is 51.4 cm³/mol. The van der Waals surface area contributed by atoms with Crippen LogP contribution in [0.1, 0.15) is 0 Å². The van der Waals surface area contributed by atoms with E-state index < -0.39 is 0 Å². The van der Waals surface area contributed by atoms with Gasteiger partial charge in [0.1, 0.15) is 12.1 Å². The van der Waals surface area contributed by atoms with E-state index in [0.29, 0.717) is 10.9 Å². The number of anilines is 1. The van der Waals surface area contributed by atoms with Crippen LogP contribution in [0.25, 0.3) is 0 Å².